The van der Waals surface area contributed by atoms with Gasteiger partial charge in [-0.05, 0) is 30.0 Å². The number of nitrogen functional groups attached to an aromatic ring is 1. The van der Waals surface area contributed by atoms with E-state index in [0.717, 1.165) is 5.56 Å². The molecule has 1 amide bonds. The Bertz CT molecular complexity index is 712. The molecular weight excluding hydrogens is 312 g/mol. The van der Waals surface area contributed by atoms with E-state index in [1.807, 2.05) is 0 Å². The molecule has 110 valence electrons. The molecule has 1 aromatic carbocycles. The number of esters is 1. The highest BCUT2D eigenvalue weighted by atomic mass is 35.5. The summed E-state index contributed by atoms with van der Waals surface area (Å²) in [6, 6.07) is 4.81. The van der Waals surface area contributed by atoms with Gasteiger partial charge in [0, 0.05) is 0 Å². The van der Waals surface area contributed by atoms with Crippen molar-refractivity contribution in [2.24, 2.45) is 0 Å². The molecule has 0 bridgehead atoms. The van der Waals surface area contributed by atoms with Gasteiger partial charge in [-0.25, -0.2) is 4.79 Å². The van der Waals surface area contributed by atoms with Gasteiger partial charge in [-0.3, -0.25) is 4.79 Å². The van der Waals surface area contributed by atoms with Crippen molar-refractivity contribution in [2.45, 2.75) is 6.92 Å². The maximum atomic E-state index is 12.3. The van der Waals surface area contributed by atoms with Crippen molar-refractivity contribution in [2.75, 3.05) is 18.2 Å². The number of rotatable bonds is 3. The molecule has 0 spiro atoms. The number of methoxy groups -OCH3 is 1. The monoisotopic (exact) mass is 324 g/mol. The van der Waals surface area contributed by atoms with Gasteiger partial charge in [0.2, 0.25) is 0 Å². The Hall–Kier alpha value is -2.05. The molecule has 0 atom stereocenters. The Morgan fingerprint density at radius 2 is 2.10 bits per heavy atom. The van der Waals surface area contributed by atoms with E-state index in [-0.39, 0.29) is 10.6 Å². The Kier molecular flexibility index (Phi) is 4.50. The van der Waals surface area contributed by atoms with Gasteiger partial charge >= 0.3 is 5.97 Å². The van der Waals surface area contributed by atoms with Gasteiger partial charge < -0.3 is 15.8 Å². The van der Waals surface area contributed by atoms with Crippen LogP contribution >= 0.6 is 22.9 Å². The minimum Gasteiger partial charge on any atom is -0.465 e. The Labute approximate surface area is 130 Å². The molecule has 1 heterocycles. The first-order chi connectivity index (χ1) is 9.95. The molecule has 7 heteroatoms. The van der Waals surface area contributed by atoms with Crippen LogP contribution in [0.25, 0.3) is 0 Å². The molecule has 0 aliphatic rings. The van der Waals surface area contributed by atoms with E-state index in [4.69, 9.17) is 22.1 Å². The number of halogens is 1. The average Bonchev–Trinajstić information content (AvgIpc) is 2.82. The largest absolute Gasteiger partial charge is 0.465 e. The number of nitrogens with two attached hydrogens (primary N) is 1. The van der Waals surface area contributed by atoms with Gasteiger partial charge in [-0.1, -0.05) is 17.7 Å². The van der Waals surface area contributed by atoms with Gasteiger partial charge in [-0.15, -0.1) is 11.3 Å². The topological polar surface area (TPSA) is 81.4 Å². The number of benzene rings is 1. The molecule has 0 aliphatic carbocycles. The summed E-state index contributed by atoms with van der Waals surface area (Å²) in [5.41, 5.74) is 7.44. The van der Waals surface area contributed by atoms with E-state index >= 15 is 0 Å². The first kappa shape index (κ1) is 15.3. The number of carbonyl (C=O) groups excluding carboxylic acids is 2. The SMILES string of the molecule is COC(=O)c1scc(C)c1NC(=O)c1cccc(N)c1Cl. The molecule has 0 radical (unpaired) electrons. The van der Waals surface area contributed by atoms with Crippen LogP contribution in [-0.2, 0) is 4.74 Å². The highest BCUT2D eigenvalue weighted by molar-refractivity contribution is 7.12. The van der Waals surface area contributed by atoms with Crippen LogP contribution in [0.2, 0.25) is 5.02 Å². The number of aryl methyl sites for hydroxylation is 1. The van der Waals surface area contributed by atoms with E-state index in [9.17, 15) is 9.59 Å². The van der Waals surface area contributed by atoms with Crippen LogP contribution in [0, 0.1) is 6.92 Å². The van der Waals surface area contributed by atoms with E-state index in [2.05, 4.69) is 5.32 Å². The molecule has 3 N–H and O–H groups in total. The predicted molar refractivity (Wildman–Crippen MR) is 84.2 cm³/mol. The molecule has 21 heavy (non-hydrogen) atoms. The maximum absolute atomic E-state index is 12.3. The number of thiophene rings is 1. The third-order valence-corrected chi connectivity index (χ3v) is 4.36. The lowest BCUT2D eigenvalue weighted by atomic mass is 10.1. The summed E-state index contributed by atoms with van der Waals surface area (Å²) in [6.07, 6.45) is 0. The first-order valence-electron chi connectivity index (χ1n) is 5.97. The van der Waals surface area contributed by atoms with Crippen LogP contribution in [0.5, 0.6) is 0 Å². The Balaban J connectivity index is 2.34. The predicted octanol–water partition coefficient (Wildman–Crippen LogP) is 3.33. The molecule has 5 nitrogen and oxygen atoms in total. The van der Waals surface area contributed by atoms with Crippen LogP contribution in [-0.4, -0.2) is 19.0 Å². The average molecular weight is 325 g/mol. The van der Waals surface area contributed by atoms with Crippen LogP contribution in [0.3, 0.4) is 0 Å². The molecular formula is C14H13ClN2O3S. The zero-order valence-electron chi connectivity index (χ0n) is 11.4. The second-order valence-corrected chi connectivity index (χ2v) is 5.53. The maximum Gasteiger partial charge on any atom is 0.350 e. The summed E-state index contributed by atoms with van der Waals surface area (Å²) in [4.78, 5) is 24.3. The number of anilines is 2. The van der Waals surface area contributed by atoms with E-state index < -0.39 is 11.9 Å². The summed E-state index contributed by atoms with van der Waals surface area (Å²) >= 11 is 7.23. The second kappa shape index (κ2) is 6.15. The number of carbonyl (C=O) groups is 2. The molecule has 0 aliphatic heterocycles. The minimum atomic E-state index is -0.498. The van der Waals surface area contributed by atoms with Crippen LogP contribution in [0.4, 0.5) is 11.4 Å². The molecule has 0 unspecified atom stereocenters. The van der Waals surface area contributed by atoms with Crippen molar-refractivity contribution in [1.29, 1.82) is 0 Å². The van der Waals surface area contributed by atoms with Crippen molar-refractivity contribution < 1.29 is 14.3 Å². The van der Waals surface area contributed by atoms with Crippen LogP contribution in [0.15, 0.2) is 23.6 Å². The van der Waals surface area contributed by atoms with Crippen molar-refractivity contribution in [1.82, 2.24) is 0 Å². The van der Waals surface area contributed by atoms with Gasteiger partial charge in [0.25, 0.3) is 5.91 Å². The summed E-state index contributed by atoms with van der Waals surface area (Å²) in [7, 11) is 1.29. The van der Waals surface area contributed by atoms with Gasteiger partial charge in [0.05, 0.1) is 29.1 Å². The number of ether oxygens (including phenoxy) is 1. The van der Waals surface area contributed by atoms with Crippen LogP contribution in [0.1, 0.15) is 25.6 Å². The fourth-order valence-electron chi connectivity index (χ4n) is 1.75. The zero-order valence-corrected chi connectivity index (χ0v) is 13.0. The van der Waals surface area contributed by atoms with E-state index in [1.54, 1.807) is 30.5 Å². The lowest BCUT2D eigenvalue weighted by Gasteiger charge is -2.09. The third-order valence-electron chi connectivity index (χ3n) is 2.86. The van der Waals surface area contributed by atoms with Gasteiger partial charge in [-0.2, -0.15) is 0 Å². The normalized spacial score (nSPS) is 10.2. The van der Waals surface area contributed by atoms with Gasteiger partial charge in [0.1, 0.15) is 4.88 Å². The van der Waals surface area contributed by atoms with E-state index in [0.29, 0.717) is 16.3 Å². The molecule has 1 aromatic heterocycles. The fourth-order valence-corrected chi connectivity index (χ4v) is 2.88. The van der Waals surface area contributed by atoms with Crippen LogP contribution < -0.4 is 11.1 Å². The zero-order chi connectivity index (χ0) is 15.6. The summed E-state index contributed by atoms with van der Waals surface area (Å²) < 4.78 is 4.69. The summed E-state index contributed by atoms with van der Waals surface area (Å²) in [5, 5.41) is 4.64. The fraction of sp³-hybridized carbons (Fsp3) is 0.143. The quantitative estimate of drug-likeness (QED) is 0.670. The van der Waals surface area contributed by atoms with E-state index in [1.165, 1.54) is 18.4 Å². The minimum absolute atomic E-state index is 0.183. The molecule has 2 aromatic rings. The number of hydrogen-bond acceptors (Lipinski definition) is 5. The lowest BCUT2D eigenvalue weighted by Crippen LogP contribution is -2.15. The molecule has 0 fully saturated rings. The smallest absolute Gasteiger partial charge is 0.350 e. The summed E-state index contributed by atoms with van der Waals surface area (Å²) in [6.45, 7) is 1.79. The van der Waals surface area contributed by atoms with Crippen molar-refractivity contribution in [3.63, 3.8) is 0 Å². The van der Waals surface area contributed by atoms with Crippen molar-refractivity contribution >= 4 is 46.2 Å². The Morgan fingerprint density at radius 3 is 2.76 bits per heavy atom. The number of amides is 1. The number of nitrogens with one attached hydrogen (secondary N) is 1. The highest BCUT2D eigenvalue weighted by Crippen LogP contribution is 2.30. The van der Waals surface area contributed by atoms with Gasteiger partial charge in [0.15, 0.2) is 0 Å². The molecule has 2 rings (SSSR count). The summed E-state index contributed by atoms with van der Waals surface area (Å²) in [5.74, 6) is -0.930. The molecule has 0 saturated heterocycles. The Morgan fingerprint density at radius 1 is 1.38 bits per heavy atom. The highest BCUT2D eigenvalue weighted by Gasteiger charge is 2.20. The first-order valence-corrected chi connectivity index (χ1v) is 7.23. The lowest BCUT2D eigenvalue weighted by molar-refractivity contribution is 0.0607. The molecule has 0 saturated carbocycles. The van der Waals surface area contributed by atoms with Crippen molar-refractivity contribution in [3.8, 4) is 0 Å². The van der Waals surface area contributed by atoms with Crippen molar-refractivity contribution in [3.05, 3.63) is 44.6 Å². The second-order valence-electron chi connectivity index (χ2n) is 4.28. The third kappa shape index (κ3) is 3.01. The number of hydrogen-bond donors (Lipinski definition) is 2. The standard InChI is InChI=1S/C14H13ClN2O3S/c1-7-6-21-12(14(19)20-2)11(7)17-13(18)8-4-3-5-9(16)10(8)15/h3-6H,16H2,1-2H3,(H,17,18).